The van der Waals surface area contributed by atoms with Crippen LogP contribution in [0.4, 0.5) is 0 Å². The predicted molar refractivity (Wildman–Crippen MR) is 136 cm³/mol. The molecular formula is C26H23ClN2O6S. The number of ether oxygens (including phenoxy) is 3. The molecule has 0 fully saturated rings. The Morgan fingerprint density at radius 2 is 1.89 bits per heavy atom. The molecule has 0 saturated heterocycles. The number of halogens is 1. The van der Waals surface area contributed by atoms with Crippen LogP contribution in [-0.4, -0.2) is 30.2 Å². The Morgan fingerprint density at radius 3 is 2.53 bits per heavy atom. The summed E-state index contributed by atoms with van der Waals surface area (Å²) in [6.45, 7) is 4.87. The second-order valence-electron chi connectivity index (χ2n) is 7.86. The minimum Gasteiger partial charge on any atom is -0.493 e. The van der Waals surface area contributed by atoms with Gasteiger partial charge in [-0.1, -0.05) is 41.1 Å². The molecule has 36 heavy (non-hydrogen) atoms. The first-order valence-electron chi connectivity index (χ1n) is 11.0. The normalized spacial score (nSPS) is 15.2. The van der Waals surface area contributed by atoms with Crippen LogP contribution in [0, 0.1) is 0 Å². The maximum absolute atomic E-state index is 13.6. The van der Waals surface area contributed by atoms with Gasteiger partial charge in [0.2, 0.25) is 0 Å². The lowest BCUT2D eigenvalue weighted by Gasteiger charge is -2.25. The van der Waals surface area contributed by atoms with E-state index in [1.807, 2.05) is 12.1 Å². The Balaban J connectivity index is 1.94. The number of carbonyl (C=O) groups excluding carboxylic acids is 2. The zero-order valence-corrected chi connectivity index (χ0v) is 21.6. The third-order valence-electron chi connectivity index (χ3n) is 5.44. The lowest BCUT2D eigenvalue weighted by molar-refractivity contribution is -0.139. The van der Waals surface area contributed by atoms with Crippen molar-refractivity contribution in [1.82, 2.24) is 4.57 Å². The number of benzene rings is 2. The van der Waals surface area contributed by atoms with Crippen LogP contribution in [0.2, 0.25) is 5.02 Å². The van der Waals surface area contributed by atoms with E-state index in [0.29, 0.717) is 25.6 Å². The molecule has 0 spiro atoms. The molecule has 0 bridgehead atoms. The largest absolute Gasteiger partial charge is 0.493 e. The Bertz CT molecular complexity index is 1550. The van der Waals surface area contributed by atoms with Crippen LogP contribution in [0.1, 0.15) is 37.9 Å². The van der Waals surface area contributed by atoms with E-state index in [1.54, 1.807) is 50.3 Å². The molecule has 1 atom stereocenters. The number of fused-ring (bicyclic) bond motifs is 1. The standard InChI is InChI=1S/C26H23ClN2O6S/c1-5-34-25(32)22-14(2)28-26-29(24(31)21(36-26)12-16-6-9-18(27)10-7-16)23(22)17-8-11-19(35-15(3)30)20(13-17)33-4/h6-13,23H,5H2,1-4H3/b21-12+. The van der Waals surface area contributed by atoms with E-state index in [4.69, 9.17) is 25.8 Å². The van der Waals surface area contributed by atoms with Crippen LogP contribution in [-0.2, 0) is 14.3 Å². The smallest absolute Gasteiger partial charge is 0.338 e. The predicted octanol–water partition coefficient (Wildman–Crippen LogP) is 3.39. The summed E-state index contributed by atoms with van der Waals surface area (Å²) in [6.07, 6.45) is 1.75. The first kappa shape index (κ1) is 25.4. The monoisotopic (exact) mass is 526 g/mol. The maximum atomic E-state index is 13.6. The van der Waals surface area contributed by atoms with Gasteiger partial charge in [0, 0.05) is 11.9 Å². The topological polar surface area (TPSA) is 96.2 Å². The fourth-order valence-electron chi connectivity index (χ4n) is 3.91. The summed E-state index contributed by atoms with van der Waals surface area (Å²) in [6, 6.07) is 11.2. The molecule has 2 aromatic carbocycles. The van der Waals surface area contributed by atoms with Crippen molar-refractivity contribution in [3.8, 4) is 11.5 Å². The van der Waals surface area contributed by atoms with Gasteiger partial charge in [0.05, 0.1) is 35.6 Å². The van der Waals surface area contributed by atoms with E-state index >= 15 is 0 Å². The SMILES string of the molecule is CCOC(=O)C1=C(C)N=c2s/c(=C/c3ccc(Cl)cc3)c(=O)n2C1c1ccc(OC(C)=O)c(OC)c1. The fraction of sp³-hybridized carbons (Fsp3) is 0.231. The summed E-state index contributed by atoms with van der Waals surface area (Å²) in [7, 11) is 1.44. The molecule has 186 valence electrons. The average Bonchev–Trinajstić information content (AvgIpc) is 3.14. The van der Waals surface area contributed by atoms with Crippen LogP contribution < -0.4 is 24.4 Å². The summed E-state index contributed by atoms with van der Waals surface area (Å²) < 4.78 is 17.9. The number of aromatic nitrogens is 1. The first-order valence-corrected chi connectivity index (χ1v) is 12.2. The average molecular weight is 527 g/mol. The van der Waals surface area contributed by atoms with Gasteiger partial charge in [0.25, 0.3) is 5.56 Å². The highest BCUT2D eigenvalue weighted by molar-refractivity contribution is 7.07. The molecule has 1 aromatic heterocycles. The number of hydrogen-bond donors (Lipinski definition) is 0. The van der Waals surface area contributed by atoms with Gasteiger partial charge in [-0.05, 0) is 55.3 Å². The molecule has 1 aliphatic rings. The molecule has 0 amide bonds. The van der Waals surface area contributed by atoms with E-state index in [9.17, 15) is 14.4 Å². The van der Waals surface area contributed by atoms with Gasteiger partial charge in [-0.25, -0.2) is 9.79 Å². The van der Waals surface area contributed by atoms with Gasteiger partial charge in [0.1, 0.15) is 0 Å². The van der Waals surface area contributed by atoms with Gasteiger partial charge < -0.3 is 14.2 Å². The summed E-state index contributed by atoms with van der Waals surface area (Å²) in [4.78, 5) is 43.2. The minimum atomic E-state index is -0.826. The molecule has 0 saturated carbocycles. The molecule has 3 aromatic rings. The number of hydrogen-bond acceptors (Lipinski definition) is 8. The fourth-order valence-corrected chi connectivity index (χ4v) is 5.08. The van der Waals surface area contributed by atoms with Gasteiger partial charge >= 0.3 is 11.9 Å². The molecule has 4 rings (SSSR count). The number of carbonyl (C=O) groups is 2. The summed E-state index contributed by atoms with van der Waals surface area (Å²) in [5.74, 6) is -0.566. The molecule has 0 radical (unpaired) electrons. The van der Waals surface area contributed by atoms with Crippen LogP contribution in [0.15, 0.2) is 63.5 Å². The minimum absolute atomic E-state index is 0.165. The lowest BCUT2D eigenvalue weighted by atomic mass is 9.95. The highest BCUT2D eigenvalue weighted by Crippen LogP contribution is 2.36. The quantitative estimate of drug-likeness (QED) is 0.361. The van der Waals surface area contributed by atoms with Crippen molar-refractivity contribution in [2.24, 2.45) is 4.99 Å². The van der Waals surface area contributed by atoms with Crippen molar-refractivity contribution in [2.45, 2.75) is 26.8 Å². The van der Waals surface area contributed by atoms with Gasteiger partial charge in [-0.2, -0.15) is 0 Å². The third-order valence-corrected chi connectivity index (χ3v) is 6.68. The highest BCUT2D eigenvalue weighted by atomic mass is 35.5. The van der Waals surface area contributed by atoms with E-state index in [2.05, 4.69) is 4.99 Å². The van der Waals surface area contributed by atoms with E-state index < -0.39 is 18.0 Å². The number of nitrogens with zero attached hydrogens (tertiary/aromatic N) is 2. The summed E-state index contributed by atoms with van der Waals surface area (Å²) in [5, 5.41) is 0.592. The van der Waals surface area contributed by atoms with E-state index in [-0.39, 0.29) is 29.2 Å². The number of thiazole rings is 1. The molecule has 1 unspecified atom stereocenters. The third kappa shape index (κ3) is 4.98. The first-order chi connectivity index (χ1) is 17.2. The van der Waals surface area contributed by atoms with Crippen molar-refractivity contribution in [1.29, 1.82) is 0 Å². The molecule has 2 heterocycles. The lowest BCUT2D eigenvalue weighted by Crippen LogP contribution is -2.40. The van der Waals surface area contributed by atoms with Crippen molar-refractivity contribution < 1.29 is 23.8 Å². The highest BCUT2D eigenvalue weighted by Gasteiger charge is 2.34. The van der Waals surface area contributed by atoms with Crippen LogP contribution >= 0.6 is 22.9 Å². The molecule has 0 aliphatic carbocycles. The molecule has 1 aliphatic heterocycles. The van der Waals surface area contributed by atoms with Crippen LogP contribution in [0.25, 0.3) is 6.08 Å². The summed E-state index contributed by atoms with van der Waals surface area (Å²) in [5.41, 5.74) is 1.75. The van der Waals surface area contributed by atoms with Gasteiger partial charge in [-0.15, -0.1) is 0 Å². The van der Waals surface area contributed by atoms with E-state index in [0.717, 1.165) is 5.56 Å². The number of rotatable bonds is 6. The van der Waals surface area contributed by atoms with Crippen molar-refractivity contribution in [2.75, 3.05) is 13.7 Å². The zero-order valence-electron chi connectivity index (χ0n) is 20.0. The molecule has 8 nitrogen and oxygen atoms in total. The Morgan fingerprint density at radius 1 is 1.17 bits per heavy atom. The number of esters is 2. The Hall–Kier alpha value is -3.69. The molecular weight excluding hydrogens is 504 g/mol. The zero-order chi connectivity index (χ0) is 26.0. The molecule has 0 N–H and O–H groups in total. The van der Waals surface area contributed by atoms with Crippen LogP contribution in [0.5, 0.6) is 11.5 Å². The number of methoxy groups -OCH3 is 1. The van der Waals surface area contributed by atoms with Gasteiger partial charge in [-0.3, -0.25) is 14.2 Å². The molecule has 10 heteroatoms. The second-order valence-corrected chi connectivity index (χ2v) is 9.30. The maximum Gasteiger partial charge on any atom is 0.338 e. The van der Waals surface area contributed by atoms with Gasteiger partial charge in [0.15, 0.2) is 16.3 Å². The van der Waals surface area contributed by atoms with Crippen LogP contribution in [0.3, 0.4) is 0 Å². The van der Waals surface area contributed by atoms with Crippen molar-refractivity contribution >= 4 is 41.0 Å². The summed E-state index contributed by atoms with van der Waals surface area (Å²) >= 11 is 7.21. The second kappa shape index (κ2) is 10.5. The van der Waals surface area contributed by atoms with Crippen molar-refractivity contribution in [3.63, 3.8) is 0 Å². The van der Waals surface area contributed by atoms with E-state index in [1.165, 1.54) is 29.9 Å². The van der Waals surface area contributed by atoms with Crippen molar-refractivity contribution in [3.05, 3.63) is 89.6 Å². The Kier molecular flexibility index (Phi) is 7.42. The number of allylic oxidation sites excluding steroid dienone is 1. The Labute approximate surface area is 215 Å².